The topological polar surface area (TPSA) is 90.1 Å². The lowest BCUT2D eigenvalue weighted by atomic mass is 10.1. The van der Waals surface area contributed by atoms with Crippen LogP contribution in [0, 0.1) is 13.8 Å². The van der Waals surface area contributed by atoms with E-state index in [1.54, 1.807) is 0 Å². The second kappa shape index (κ2) is 7.40. The Morgan fingerprint density at radius 2 is 2.00 bits per heavy atom. The van der Waals surface area contributed by atoms with Crippen LogP contribution in [0.1, 0.15) is 26.8 Å². The Bertz CT molecular complexity index is 1150. The van der Waals surface area contributed by atoms with E-state index in [2.05, 4.69) is 20.4 Å². The predicted molar refractivity (Wildman–Crippen MR) is 107 cm³/mol. The third-order valence-electron chi connectivity index (χ3n) is 4.33. The zero-order chi connectivity index (χ0) is 19.7. The molecule has 0 aliphatic heterocycles. The van der Waals surface area contributed by atoms with E-state index >= 15 is 0 Å². The molecule has 0 bridgehead atoms. The molecule has 0 spiro atoms. The maximum absolute atomic E-state index is 12.0. The first-order chi connectivity index (χ1) is 13.6. The number of anilines is 1. The molecule has 0 unspecified atom stereocenters. The summed E-state index contributed by atoms with van der Waals surface area (Å²) in [6.07, 6.45) is 0. The number of nitrogens with zero attached hydrogens (tertiary/aromatic N) is 3. The van der Waals surface area contributed by atoms with Gasteiger partial charge < -0.3 is 14.6 Å². The first-order valence-electron chi connectivity index (χ1n) is 8.67. The molecule has 0 aliphatic carbocycles. The third kappa shape index (κ3) is 3.34. The zero-order valence-corrected chi connectivity index (χ0v) is 16.5. The average molecular weight is 394 g/mol. The summed E-state index contributed by atoms with van der Waals surface area (Å²) in [7, 11) is 1.37. The minimum atomic E-state index is -0.369. The van der Waals surface area contributed by atoms with Crippen LogP contribution in [0.25, 0.3) is 21.5 Å². The number of carbonyl (C=O) groups excluding carboxylic acids is 1. The second-order valence-electron chi connectivity index (χ2n) is 6.25. The Hall–Kier alpha value is -3.26. The third-order valence-corrected chi connectivity index (χ3v) is 5.50. The fraction of sp³-hybridized carbons (Fsp3) is 0.200. The van der Waals surface area contributed by atoms with Crippen molar-refractivity contribution in [3.05, 3.63) is 58.4 Å². The first kappa shape index (κ1) is 18.1. The smallest absolute Gasteiger partial charge is 0.348 e. The summed E-state index contributed by atoms with van der Waals surface area (Å²) in [6, 6.07) is 11.7. The van der Waals surface area contributed by atoms with Gasteiger partial charge in [-0.2, -0.15) is 0 Å². The monoisotopic (exact) mass is 394 g/mol. The number of fused-ring (bicyclic) bond motifs is 1. The number of nitrogens with one attached hydrogen (secondary N) is 1. The van der Waals surface area contributed by atoms with Gasteiger partial charge in [0.2, 0.25) is 0 Å². The van der Waals surface area contributed by atoms with E-state index in [4.69, 9.17) is 9.26 Å². The molecule has 0 amide bonds. The number of ether oxygens (including phenoxy) is 1. The van der Waals surface area contributed by atoms with E-state index in [9.17, 15) is 4.79 Å². The molecular formula is C20H18N4O3S. The van der Waals surface area contributed by atoms with E-state index < -0.39 is 0 Å². The average Bonchev–Trinajstić information content (AvgIpc) is 3.31. The van der Waals surface area contributed by atoms with Gasteiger partial charge >= 0.3 is 5.97 Å². The fourth-order valence-corrected chi connectivity index (χ4v) is 4.12. The molecule has 1 N–H and O–H groups in total. The highest BCUT2D eigenvalue weighted by Crippen LogP contribution is 2.34. The normalized spacial score (nSPS) is 11.0. The molecule has 7 nitrogen and oxygen atoms in total. The summed E-state index contributed by atoms with van der Waals surface area (Å²) in [6.45, 7) is 4.10. The molecule has 8 heteroatoms. The number of methoxy groups -OCH3 is 1. The number of rotatable bonds is 5. The zero-order valence-electron chi connectivity index (χ0n) is 15.6. The molecule has 142 valence electrons. The highest BCUT2D eigenvalue weighted by Gasteiger charge is 2.20. The first-order valence-corrected chi connectivity index (χ1v) is 9.49. The number of esters is 1. The van der Waals surface area contributed by atoms with Crippen molar-refractivity contribution in [2.45, 2.75) is 20.4 Å². The van der Waals surface area contributed by atoms with Crippen molar-refractivity contribution in [2.24, 2.45) is 0 Å². The molecule has 4 aromatic rings. The molecule has 0 saturated carbocycles. The fourth-order valence-electron chi connectivity index (χ4n) is 2.97. The second-order valence-corrected chi connectivity index (χ2v) is 7.24. The van der Waals surface area contributed by atoms with Gasteiger partial charge in [0.05, 0.1) is 19.0 Å². The molecular weight excluding hydrogens is 376 g/mol. The number of thiophene rings is 1. The number of carbonyl (C=O) groups is 1. The van der Waals surface area contributed by atoms with Crippen molar-refractivity contribution in [3.8, 4) is 11.3 Å². The van der Waals surface area contributed by atoms with Gasteiger partial charge in [-0.15, -0.1) is 11.3 Å². The van der Waals surface area contributed by atoms with Gasteiger partial charge in [-0.25, -0.2) is 14.8 Å². The van der Waals surface area contributed by atoms with Crippen molar-refractivity contribution in [2.75, 3.05) is 12.4 Å². The molecule has 0 radical (unpaired) electrons. The van der Waals surface area contributed by atoms with Crippen LogP contribution < -0.4 is 5.32 Å². The molecule has 0 aliphatic rings. The van der Waals surface area contributed by atoms with Crippen LogP contribution in [0.2, 0.25) is 0 Å². The maximum Gasteiger partial charge on any atom is 0.348 e. The SMILES string of the molecule is COC(=O)c1sc2nc(C)nc(NCc3cc(-c4ccccc4)no3)c2c1C. The summed E-state index contributed by atoms with van der Waals surface area (Å²) in [5.41, 5.74) is 2.58. The summed E-state index contributed by atoms with van der Waals surface area (Å²) >= 11 is 1.31. The van der Waals surface area contributed by atoms with Gasteiger partial charge in [0.25, 0.3) is 0 Å². The van der Waals surface area contributed by atoms with E-state index in [1.807, 2.05) is 50.2 Å². The van der Waals surface area contributed by atoms with Crippen LogP contribution in [0.4, 0.5) is 5.82 Å². The predicted octanol–water partition coefficient (Wildman–Crippen LogP) is 4.36. The Labute approximate surface area is 165 Å². The summed E-state index contributed by atoms with van der Waals surface area (Å²) in [5, 5.41) is 8.24. The number of benzene rings is 1. The highest BCUT2D eigenvalue weighted by atomic mass is 32.1. The minimum Gasteiger partial charge on any atom is -0.465 e. The number of hydrogen-bond acceptors (Lipinski definition) is 8. The van der Waals surface area contributed by atoms with Gasteiger partial charge in [0, 0.05) is 11.6 Å². The van der Waals surface area contributed by atoms with Gasteiger partial charge in [-0.3, -0.25) is 0 Å². The Morgan fingerprint density at radius 3 is 2.75 bits per heavy atom. The van der Waals surface area contributed by atoms with Crippen LogP contribution in [0.3, 0.4) is 0 Å². The van der Waals surface area contributed by atoms with E-state index in [0.717, 1.165) is 27.0 Å². The van der Waals surface area contributed by atoms with Crippen molar-refractivity contribution < 1.29 is 14.1 Å². The van der Waals surface area contributed by atoms with Gasteiger partial charge in [0.15, 0.2) is 5.76 Å². The summed E-state index contributed by atoms with van der Waals surface area (Å²) in [5.74, 6) is 1.59. The lowest BCUT2D eigenvalue weighted by Crippen LogP contribution is -2.04. The van der Waals surface area contributed by atoms with E-state index in [0.29, 0.717) is 28.8 Å². The molecule has 0 saturated heterocycles. The van der Waals surface area contributed by atoms with Crippen LogP contribution in [-0.2, 0) is 11.3 Å². The molecule has 28 heavy (non-hydrogen) atoms. The van der Waals surface area contributed by atoms with Crippen molar-refractivity contribution in [1.29, 1.82) is 0 Å². The molecule has 3 aromatic heterocycles. The maximum atomic E-state index is 12.0. The van der Waals surface area contributed by atoms with Gasteiger partial charge in [-0.05, 0) is 19.4 Å². The highest BCUT2D eigenvalue weighted by molar-refractivity contribution is 7.20. The minimum absolute atomic E-state index is 0.369. The van der Waals surface area contributed by atoms with Crippen molar-refractivity contribution >= 4 is 33.3 Å². The largest absolute Gasteiger partial charge is 0.465 e. The van der Waals surface area contributed by atoms with Crippen LogP contribution >= 0.6 is 11.3 Å². The van der Waals surface area contributed by atoms with Crippen molar-refractivity contribution in [1.82, 2.24) is 15.1 Å². The molecule has 3 heterocycles. The lowest BCUT2D eigenvalue weighted by Gasteiger charge is -2.06. The molecule has 4 rings (SSSR count). The Kier molecular flexibility index (Phi) is 4.79. The molecule has 1 aromatic carbocycles. The van der Waals surface area contributed by atoms with Crippen LogP contribution in [0.15, 0.2) is 40.9 Å². The Morgan fingerprint density at radius 1 is 1.21 bits per heavy atom. The van der Waals surface area contributed by atoms with Crippen molar-refractivity contribution in [3.63, 3.8) is 0 Å². The molecule has 0 fully saturated rings. The molecule has 0 atom stereocenters. The number of hydrogen-bond donors (Lipinski definition) is 1. The van der Waals surface area contributed by atoms with Crippen LogP contribution in [-0.4, -0.2) is 28.2 Å². The lowest BCUT2D eigenvalue weighted by molar-refractivity contribution is 0.0605. The van der Waals surface area contributed by atoms with Gasteiger partial charge in [0.1, 0.15) is 27.0 Å². The van der Waals surface area contributed by atoms with E-state index in [1.165, 1.54) is 18.4 Å². The number of aromatic nitrogens is 3. The summed E-state index contributed by atoms with van der Waals surface area (Å²) < 4.78 is 10.3. The summed E-state index contributed by atoms with van der Waals surface area (Å²) in [4.78, 5) is 22.3. The van der Waals surface area contributed by atoms with Gasteiger partial charge in [-0.1, -0.05) is 35.5 Å². The Balaban J connectivity index is 1.62. The standard InChI is InChI=1S/C20H18N4O3S/c1-11-16-18(22-12(2)23-19(16)28-17(11)20(25)26-3)21-10-14-9-15(24-27-14)13-7-5-4-6-8-13/h4-9H,10H2,1-3H3,(H,21,22,23). The van der Waals surface area contributed by atoms with Crippen LogP contribution in [0.5, 0.6) is 0 Å². The number of aryl methyl sites for hydroxylation is 2. The van der Waals surface area contributed by atoms with E-state index in [-0.39, 0.29) is 5.97 Å². The quantitative estimate of drug-likeness (QED) is 0.503.